The molecule has 1 N–H and O–H groups in total. The lowest BCUT2D eigenvalue weighted by Crippen LogP contribution is -2.11. The molecule has 0 bridgehead atoms. The summed E-state index contributed by atoms with van der Waals surface area (Å²) in [6.45, 7) is 2.86. The van der Waals surface area contributed by atoms with Gasteiger partial charge in [-0.3, -0.25) is 4.79 Å². The number of rotatable bonds is 3. The summed E-state index contributed by atoms with van der Waals surface area (Å²) in [7, 11) is 0. The van der Waals surface area contributed by atoms with Gasteiger partial charge in [-0.05, 0) is 19.1 Å². The zero-order valence-corrected chi connectivity index (χ0v) is 9.05. The Bertz CT molecular complexity index is 476. The Morgan fingerprint density at radius 1 is 1.38 bits per heavy atom. The van der Waals surface area contributed by atoms with Crippen molar-refractivity contribution in [2.75, 3.05) is 5.32 Å². The van der Waals surface area contributed by atoms with Crippen molar-refractivity contribution in [1.29, 1.82) is 0 Å². The van der Waals surface area contributed by atoms with E-state index in [-0.39, 0.29) is 5.91 Å². The van der Waals surface area contributed by atoms with Crippen LogP contribution in [0.2, 0.25) is 0 Å². The van der Waals surface area contributed by atoms with Crippen LogP contribution in [0.1, 0.15) is 17.3 Å². The summed E-state index contributed by atoms with van der Waals surface area (Å²) >= 11 is 0. The van der Waals surface area contributed by atoms with Crippen LogP contribution in [0.5, 0.6) is 0 Å². The smallest absolute Gasteiger partial charge is 0.256 e. The average Bonchev–Trinajstić information content (AvgIpc) is 2.78. The highest BCUT2D eigenvalue weighted by molar-refractivity contribution is 6.03. The number of hydrogen-bond donors (Lipinski definition) is 1. The third-order valence-electron chi connectivity index (χ3n) is 2.28. The van der Waals surface area contributed by atoms with E-state index in [1.54, 1.807) is 24.7 Å². The molecule has 1 amide bonds. The molecule has 0 fully saturated rings. The Morgan fingerprint density at radius 3 is 2.75 bits per heavy atom. The second-order valence-corrected chi connectivity index (χ2v) is 3.41. The van der Waals surface area contributed by atoms with Gasteiger partial charge in [0, 0.05) is 18.3 Å². The van der Waals surface area contributed by atoms with Crippen molar-refractivity contribution < 1.29 is 4.79 Å². The molecule has 4 nitrogen and oxygen atoms in total. The lowest BCUT2D eigenvalue weighted by molar-refractivity contribution is 0.102. The molecule has 0 unspecified atom stereocenters. The SMILES string of the molecule is CCn1cnc(NC(=O)c2ccccc2)c1. The molecule has 4 heteroatoms. The summed E-state index contributed by atoms with van der Waals surface area (Å²) in [5, 5.41) is 2.74. The van der Waals surface area contributed by atoms with Crippen molar-refractivity contribution in [2.45, 2.75) is 13.5 Å². The number of nitrogens with zero attached hydrogens (tertiary/aromatic N) is 2. The van der Waals surface area contributed by atoms with E-state index in [0.717, 1.165) is 6.54 Å². The van der Waals surface area contributed by atoms with Gasteiger partial charge in [-0.2, -0.15) is 0 Å². The van der Waals surface area contributed by atoms with Crippen LogP contribution >= 0.6 is 0 Å². The van der Waals surface area contributed by atoms with E-state index in [0.29, 0.717) is 11.4 Å². The number of hydrogen-bond acceptors (Lipinski definition) is 2. The third kappa shape index (κ3) is 2.28. The summed E-state index contributed by atoms with van der Waals surface area (Å²) in [4.78, 5) is 15.8. The van der Waals surface area contributed by atoms with E-state index >= 15 is 0 Å². The van der Waals surface area contributed by atoms with E-state index in [4.69, 9.17) is 0 Å². The monoisotopic (exact) mass is 215 g/mol. The Kier molecular flexibility index (Phi) is 3.00. The Morgan fingerprint density at radius 2 is 2.12 bits per heavy atom. The van der Waals surface area contributed by atoms with E-state index in [1.165, 1.54) is 0 Å². The van der Waals surface area contributed by atoms with Crippen molar-refractivity contribution in [3.63, 3.8) is 0 Å². The van der Waals surface area contributed by atoms with E-state index in [2.05, 4.69) is 10.3 Å². The molecule has 0 aliphatic heterocycles. The van der Waals surface area contributed by atoms with Gasteiger partial charge in [-0.25, -0.2) is 4.98 Å². The molecule has 0 aliphatic rings. The van der Waals surface area contributed by atoms with Crippen LogP contribution in [0.25, 0.3) is 0 Å². The van der Waals surface area contributed by atoms with Gasteiger partial charge in [0.05, 0.1) is 6.33 Å². The highest BCUT2D eigenvalue weighted by Crippen LogP contribution is 2.06. The standard InChI is InChI=1S/C12H13N3O/c1-2-15-8-11(13-9-15)14-12(16)10-6-4-3-5-7-10/h3-9H,2H2,1H3,(H,14,16). The van der Waals surface area contributed by atoms with Crippen LogP contribution in [0.4, 0.5) is 5.82 Å². The summed E-state index contributed by atoms with van der Waals surface area (Å²) < 4.78 is 1.90. The molecule has 0 spiro atoms. The van der Waals surface area contributed by atoms with Crippen molar-refractivity contribution in [2.24, 2.45) is 0 Å². The van der Waals surface area contributed by atoms with Crippen LogP contribution in [0.15, 0.2) is 42.9 Å². The number of imidazole rings is 1. The third-order valence-corrected chi connectivity index (χ3v) is 2.28. The topological polar surface area (TPSA) is 46.9 Å². The predicted octanol–water partition coefficient (Wildman–Crippen LogP) is 2.16. The van der Waals surface area contributed by atoms with Gasteiger partial charge in [-0.1, -0.05) is 18.2 Å². The van der Waals surface area contributed by atoms with Crippen LogP contribution in [-0.2, 0) is 6.54 Å². The number of amides is 1. The molecular weight excluding hydrogens is 202 g/mol. The van der Waals surface area contributed by atoms with Gasteiger partial charge >= 0.3 is 0 Å². The minimum Gasteiger partial charge on any atom is -0.336 e. The molecule has 82 valence electrons. The van der Waals surface area contributed by atoms with E-state index < -0.39 is 0 Å². The van der Waals surface area contributed by atoms with Gasteiger partial charge in [0.15, 0.2) is 5.82 Å². The maximum absolute atomic E-state index is 11.8. The van der Waals surface area contributed by atoms with Crippen LogP contribution in [0, 0.1) is 0 Å². The Balaban J connectivity index is 2.08. The van der Waals surface area contributed by atoms with Crippen molar-refractivity contribution >= 4 is 11.7 Å². The zero-order valence-electron chi connectivity index (χ0n) is 9.05. The molecule has 0 saturated heterocycles. The first-order chi connectivity index (χ1) is 7.79. The summed E-state index contributed by atoms with van der Waals surface area (Å²) in [6, 6.07) is 9.08. The Hall–Kier alpha value is -2.10. The number of aryl methyl sites for hydroxylation is 1. The normalized spacial score (nSPS) is 10.1. The second-order valence-electron chi connectivity index (χ2n) is 3.41. The fraction of sp³-hybridized carbons (Fsp3) is 0.167. The summed E-state index contributed by atoms with van der Waals surface area (Å²) in [5.41, 5.74) is 0.633. The molecule has 0 radical (unpaired) electrons. The highest BCUT2D eigenvalue weighted by Gasteiger charge is 2.06. The fourth-order valence-electron chi connectivity index (χ4n) is 1.38. The fourth-order valence-corrected chi connectivity index (χ4v) is 1.38. The largest absolute Gasteiger partial charge is 0.336 e. The maximum Gasteiger partial charge on any atom is 0.256 e. The summed E-state index contributed by atoms with van der Waals surface area (Å²) in [5.74, 6) is 0.442. The number of benzene rings is 1. The second kappa shape index (κ2) is 4.61. The predicted molar refractivity (Wildman–Crippen MR) is 62.3 cm³/mol. The quantitative estimate of drug-likeness (QED) is 0.852. The van der Waals surface area contributed by atoms with Gasteiger partial charge in [0.1, 0.15) is 0 Å². The van der Waals surface area contributed by atoms with Gasteiger partial charge < -0.3 is 9.88 Å². The number of aromatic nitrogens is 2. The van der Waals surface area contributed by atoms with Crippen molar-refractivity contribution in [1.82, 2.24) is 9.55 Å². The molecule has 0 atom stereocenters. The average molecular weight is 215 g/mol. The molecule has 0 saturated carbocycles. The lowest BCUT2D eigenvalue weighted by Gasteiger charge is -2.00. The van der Waals surface area contributed by atoms with Gasteiger partial charge in [-0.15, -0.1) is 0 Å². The number of carbonyl (C=O) groups excluding carboxylic acids is 1. The van der Waals surface area contributed by atoms with Crippen molar-refractivity contribution in [3.8, 4) is 0 Å². The minimum atomic E-state index is -0.137. The molecule has 1 aromatic heterocycles. The summed E-state index contributed by atoms with van der Waals surface area (Å²) in [6.07, 6.45) is 3.50. The number of carbonyl (C=O) groups is 1. The number of anilines is 1. The van der Waals surface area contributed by atoms with Crippen LogP contribution in [-0.4, -0.2) is 15.5 Å². The van der Waals surface area contributed by atoms with Crippen LogP contribution < -0.4 is 5.32 Å². The van der Waals surface area contributed by atoms with Gasteiger partial charge in [0.25, 0.3) is 5.91 Å². The lowest BCUT2D eigenvalue weighted by atomic mass is 10.2. The maximum atomic E-state index is 11.8. The highest BCUT2D eigenvalue weighted by atomic mass is 16.1. The molecule has 16 heavy (non-hydrogen) atoms. The molecule has 2 aromatic rings. The van der Waals surface area contributed by atoms with Gasteiger partial charge in [0.2, 0.25) is 0 Å². The first-order valence-corrected chi connectivity index (χ1v) is 5.18. The van der Waals surface area contributed by atoms with E-state index in [9.17, 15) is 4.79 Å². The Labute approximate surface area is 93.9 Å². The first kappa shape index (κ1) is 10.4. The minimum absolute atomic E-state index is 0.137. The number of nitrogens with one attached hydrogen (secondary N) is 1. The van der Waals surface area contributed by atoms with Crippen molar-refractivity contribution in [3.05, 3.63) is 48.4 Å². The molecular formula is C12H13N3O. The molecule has 0 aliphatic carbocycles. The molecule has 2 rings (SSSR count). The molecule has 1 heterocycles. The zero-order chi connectivity index (χ0) is 11.4. The van der Waals surface area contributed by atoms with E-state index in [1.807, 2.05) is 29.7 Å². The first-order valence-electron chi connectivity index (χ1n) is 5.18. The molecule has 1 aromatic carbocycles. The van der Waals surface area contributed by atoms with Crippen LogP contribution in [0.3, 0.4) is 0 Å².